The van der Waals surface area contributed by atoms with E-state index in [0.717, 1.165) is 31.6 Å². The van der Waals surface area contributed by atoms with Crippen LogP contribution in [0.5, 0.6) is 0 Å². The van der Waals surface area contributed by atoms with Gasteiger partial charge in [0.25, 0.3) is 0 Å². The van der Waals surface area contributed by atoms with Crippen molar-refractivity contribution in [2.45, 2.75) is 18.8 Å². The van der Waals surface area contributed by atoms with Gasteiger partial charge in [0, 0.05) is 39.0 Å². The molecule has 0 unspecified atom stereocenters. The topological polar surface area (TPSA) is 87.1 Å². The summed E-state index contributed by atoms with van der Waals surface area (Å²) in [6, 6.07) is 0. The fraction of sp³-hybridized carbons (Fsp3) is 0.471. The molecule has 1 aliphatic heterocycles. The number of anilines is 2. The molecule has 0 radical (unpaired) electrons. The first-order chi connectivity index (χ1) is 12.1. The van der Waals surface area contributed by atoms with E-state index in [1.165, 1.54) is 0 Å². The Hall–Kier alpha value is -2.61. The molecule has 25 heavy (non-hydrogen) atoms. The normalized spacial score (nSPS) is 17.9. The van der Waals surface area contributed by atoms with Crippen molar-refractivity contribution in [3.63, 3.8) is 0 Å². The summed E-state index contributed by atoms with van der Waals surface area (Å²) in [7, 11) is 3.58. The summed E-state index contributed by atoms with van der Waals surface area (Å²) in [6.45, 7) is 2.25. The van der Waals surface area contributed by atoms with Gasteiger partial charge in [0.2, 0.25) is 5.91 Å². The quantitative estimate of drug-likeness (QED) is 0.876. The molecule has 2 aromatic rings. The second kappa shape index (κ2) is 7.98. The molecule has 3 heterocycles. The second-order valence-electron chi connectivity index (χ2n) is 6.40. The van der Waals surface area contributed by atoms with Gasteiger partial charge in [-0.05, 0) is 19.4 Å². The van der Waals surface area contributed by atoms with E-state index in [-0.39, 0.29) is 5.91 Å². The third-order valence-corrected chi connectivity index (χ3v) is 4.27. The van der Waals surface area contributed by atoms with Crippen LogP contribution in [0, 0.1) is 0 Å². The Morgan fingerprint density at radius 3 is 2.72 bits per heavy atom. The molecule has 3 rings (SSSR count). The van der Waals surface area contributed by atoms with E-state index in [4.69, 9.17) is 0 Å². The van der Waals surface area contributed by atoms with Crippen LogP contribution >= 0.6 is 0 Å². The lowest BCUT2D eigenvalue weighted by molar-refractivity contribution is -0.130. The van der Waals surface area contributed by atoms with Crippen molar-refractivity contribution in [2.24, 2.45) is 0 Å². The molecule has 0 aliphatic carbocycles. The predicted molar refractivity (Wildman–Crippen MR) is 94.5 cm³/mol. The van der Waals surface area contributed by atoms with Crippen molar-refractivity contribution in [3.05, 3.63) is 36.7 Å². The molecule has 1 amide bonds. The van der Waals surface area contributed by atoms with Gasteiger partial charge in [0.05, 0.1) is 30.8 Å². The molecule has 8 nitrogen and oxygen atoms in total. The molecular formula is C17H23N7O. The van der Waals surface area contributed by atoms with E-state index in [1.54, 1.807) is 50.0 Å². The first-order valence-corrected chi connectivity index (χ1v) is 8.39. The number of hydrogen-bond acceptors (Lipinski definition) is 7. The molecule has 1 saturated heterocycles. The summed E-state index contributed by atoms with van der Waals surface area (Å²) in [5.74, 6) is 1.72. The third kappa shape index (κ3) is 4.69. The SMILES string of the molecule is CN(C)C(=O)CN1CCC[C@@H](c2cnc(Nc3cnccn3)cn2)C1. The number of rotatable bonds is 5. The molecule has 0 aromatic carbocycles. The number of carbonyl (C=O) groups excluding carboxylic acids is 1. The van der Waals surface area contributed by atoms with E-state index < -0.39 is 0 Å². The standard InChI is InChI=1S/C17H23N7O/c1-23(2)17(25)12-24-7-3-4-13(11-24)14-8-21-16(10-20-14)22-15-9-18-5-6-19-15/h5-6,8-10,13H,3-4,7,11-12H2,1-2H3,(H,19,21,22)/t13-/m1/s1. The van der Waals surface area contributed by atoms with E-state index in [9.17, 15) is 4.79 Å². The average Bonchev–Trinajstić information content (AvgIpc) is 2.63. The van der Waals surface area contributed by atoms with Crippen LogP contribution in [-0.4, -0.2) is 69.4 Å². The van der Waals surface area contributed by atoms with Crippen LogP contribution < -0.4 is 5.32 Å². The number of likely N-dealkylation sites (N-methyl/N-ethyl adjacent to an activating group) is 1. The summed E-state index contributed by atoms with van der Waals surface area (Å²) in [5.41, 5.74) is 0.965. The highest BCUT2D eigenvalue weighted by Crippen LogP contribution is 2.25. The Balaban J connectivity index is 1.60. The van der Waals surface area contributed by atoms with Crippen LogP contribution in [0.2, 0.25) is 0 Å². The van der Waals surface area contributed by atoms with E-state index >= 15 is 0 Å². The van der Waals surface area contributed by atoms with Crippen molar-refractivity contribution in [2.75, 3.05) is 39.0 Å². The first-order valence-electron chi connectivity index (χ1n) is 8.39. The Labute approximate surface area is 147 Å². The Bertz CT molecular complexity index is 690. The molecule has 1 N–H and O–H groups in total. The fourth-order valence-electron chi connectivity index (χ4n) is 2.88. The van der Waals surface area contributed by atoms with E-state index in [1.807, 2.05) is 0 Å². The van der Waals surface area contributed by atoms with Gasteiger partial charge in [-0.15, -0.1) is 0 Å². The van der Waals surface area contributed by atoms with Crippen molar-refractivity contribution >= 4 is 17.5 Å². The van der Waals surface area contributed by atoms with Crippen molar-refractivity contribution in [1.82, 2.24) is 29.7 Å². The highest BCUT2D eigenvalue weighted by Gasteiger charge is 2.24. The third-order valence-electron chi connectivity index (χ3n) is 4.27. The zero-order valence-corrected chi connectivity index (χ0v) is 14.6. The summed E-state index contributed by atoms with van der Waals surface area (Å²) in [4.78, 5) is 32.9. The maximum atomic E-state index is 11.9. The lowest BCUT2D eigenvalue weighted by Crippen LogP contribution is -2.41. The lowest BCUT2D eigenvalue weighted by Gasteiger charge is -2.32. The maximum absolute atomic E-state index is 11.9. The minimum absolute atomic E-state index is 0.134. The molecule has 2 aromatic heterocycles. The van der Waals surface area contributed by atoms with E-state index in [2.05, 4.69) is 30.2 Å². The summed E-state index contributed by atoms with van der Waals surface area (Å²) in [5, 5.41) is 3.07. The van der Waals surface area contributed by atoms with Crippen LogP contribution in [0.15, 0.2) is 31.0 Å². The zero-order chi connectivity index (χ0) is 17.6. The van der Waals surface area contributed by atoms with Gasteiger partial charge < -0.3 is 10.2 Å². The largest absolute Gasteiger partial charge is 0.348 e. The van der Waals surface area contributed by atoms with Gasteiger partial charge in [0.1, 0.15) is 11.6 Å². The number of hydrogen-bond donors (Lipinski definition) is 1. The molecule has 1 atom stereocenters. The lowest BCUT2D eigenvalue weighted by atomic mass is 9.95. The fourth-order valence-corrected chi connectivity index (χ4v) is 2.88. The van der Waals surface area contributed by atoms with Crippen LogP contribution in [0.4, 0.5) is 11.6 Å². The Morgan fingerprint density at radius 2 is 2.04 bits per heavy atom. The molecule has 132 valence electrons. The number of nitrogens with one attached hydrogen (secondary N) is 1. The van der Waals surface area contributed by atoms with Gasteiger partial charge >= 0.3 is 0 Å². The molecule has 1 fully saturated rings. The molecule has 1 aliphatic rings. The number of likely N-dealkylation sites (tertiary alicyclic amines) is 1. The Morgan fingerprint density at radius 1 is 1.20 bits per heavy atom. The smallest absolute Gasteiger partial charge is 0.236 e. The van der Waals surface area contributed by atoms with Crippen LogP contribution in [-0.2, 0) is 4.79 Å². The monoisotopic (exact) mass is 341 g/mol. The number of carbonyl (C=O) groups is 1. The Kier molecular flexibility index (Phi) is 5.49. The van der Waals surface area contributed by atoms with Gasteiger partial charge in [-0.3, -0.25) is 19.7 Å². The number of piperidine rings is 1. The molecule has 0 saturated carbocycles. The van der Waals surface area contributed by atoms with Gasteiger partial charge in [-0.25, -0.2) is 9.97 Å². The highest BCUT2D eigenvalue weighted by atomic mass is 16.2. The van der Waals surface area contributed by atoms with Crippen LogP contribution in [0.1, 0.15) is 24.5 Å². The zero-order valence-electron chi connectivity index (χ0n) is 14.6. The van der Waals surface area contributed by atoms with Gasteiger partial charge in [-0.1, -0.05) is 0 Å². The number of nitrogens with zero attached hydrogens (tertiary/aromatic N) is 6. The van der Waals surface area contributed by atoms with Crippen molar-refractivity contribution in [1.29, 1.82) is 0 Å². The summed E-state index contributed by atoms with van der Waals surface area (Å²) in [6.07, 6.45) is 10.5. The molecular weight excluding hydrogens is 318 g/mol. The van der Waals surface area contributed by atoms with Crippen molar-refractivity contribution < 1.29 is 4.79 Å². The summed E-state index contributed by atoms with van der Waals surface area (Å²) < 4.78 is 0. The van der Waals surface area contributed by atoms with Gasteiger partial charge in [-0.2, -0.15) is 0 Å². The predicted octanol–water partition coefficient (Wildman–Crippen LogP) is 1.28. The second-order valence-corrected chi connectivity index (χ2v) is 6.40. The molecule has 0 bridgehead atoms. The summed E-state index contributed by atoms with van der Waals surface area (Å²) >= 11 is 0. The number of amides is 1. The van der Waals surface area contributed by atoms with Crippen molar-refractivity contribution in [3.8, 4) is 0 Å². The average molecular weight is 341 g/mol. The maximum Gasteiger partial charge on any atom is 0.236 e. The van der Waals surface area contributed by atoms with E-state index in [0.29, 0.717) is 24.1 Å². The van der Waals surface area contributed by atoms with Crippen LogP contribution in [0.3, 0.4) is 0 Å². The van der Waals surface area contributed by atoms with Gasteiger partial charge in [0.15, 0.2) is 0 Å². The highest BCUT2D eigenvalue weighted by molar-refractivity contribution is 5.77. The minimum atomic E-state index is 0.134. The minimum Gasteiger partial charge on any atom is -0.348 e. The first kappa shape index (κ1) is 17.2. The molecule has 0 spiro atoms. The van der Waals surface area contributed by atoms with Crippen LogP contribution in [0.25, 0.3) is 0 Å². The number of aromatic nitrogens is 4. The molecule has 8 heteroatoms.